The molecule has 0 unspecified atom stereocenters. The van der Waals surface area contributed by atoms with E-state index < -0.39 is 0 Å². The molecule has 6 rings (SSSR count). The van der Waals surface area contributed by atoms with E-state index in [1.54, 1.807) is 0 Å². The molecule has 0 amide bonds. The quantitative estimate of drug-likeness (QED) is 0.0531. The molecule has 0 saturated carbocycles. The molecule has 14 nitrogen and oxygen atoms in total. The Morgan fingerprint density at radius 2 is 1.08 bits per heavy atom. The van der Waals surface area contributed by atoms with Crippen LogP contribution in [0.3, 0.4) is 0 Å². The van der Waals surface area contributed by atoms with Gasteiger partial charge < -0.3 is 15.7 Å². The van der Waals surface area contributed by atoms with E-state index >= 15 is 0 Å². The van der Waals surface area contributed by atoms with Crippen LogP contribution in [0.25, 0.3) is 0 Å². The van der Waals surface area contributed by atoms with Crippen molar-refractivity contribution < 1.29 is 14.2 Å². The molecule has 0 radical (unpaired) electrons. The molecule has 0 atom stereocenters. The van der Waals surface area contributed by atoms with Crippen LogP contribution >= 0.6 is 0 Å². The number of aliphatic hydroxyl groups excluding tert-OH is 1. The van der Waals surface area contributed by atoms with Gasteiger partial charge in [-0.3, -0.25) is 0 Å². The Kier molecular flexibility index (Phi) is 12.3. The highest BCUT2D eigenvalue weighted by atomic mass is 16.2. The van der Waals surface area contributed by atoms with Crippen LogP contribution in [0, 0.1) is 0 Å². The van der Waals surface area contributed by atoms with Gasteiger partial charge in [0, 0.05) is 47.6 Å². The van der Waals surface area contributed by atoms with Gasteiger partial charge in [-0.15, -0.1) is 0 Å². The number of anilines is 3. The molecule has 3 heterocycles. The van der Waals surface area contributed by atoms with Crippen molar-refractivity contribution in [2.75, 3.05) is 23.8 Å². The van der Waals surface area contributed by atoms with Crippen LogP contribution in [0.15, 0.2) is 118 Å². The Bertz CT molecular complexity index is 2100. The number of nitrogens with zero attached hydrogens (tertiary/aromatic N) is 11. The second-order valence-corrected chi connectivity index (χ2v) is 13.0. The predicted molar refractivity (Wildman–Crippen MR) is 204 cm³/mol. The van der Waals surface area contributed by atoms with E-state index in [1.807, 2.05) is 120 Å². The van der Waals surface area contributed by atoms with Crippen molar-refractivity contribution in [2.45, 2.75) is 38.5 Å². The summed E-state index contributed by atoms with van der Waals surface area (Å²) in [5.74, 6) is 3.50. The topological polar surface area (TPSA) is 150 Å². The standard InChI is InChI=1S/C39H46N13O/c1-49-22-23-50(2)38(49)47-45-33-15-11-30(12-16-33)28-36-42-35(43-37(44-36)40-21-7-5-6-8-26-53)27-29-9-13-31(14-10-29)41-32-17-19-34(20-18-32)46-48-39-51(3)24-25-52(39)4/h9-20,22-25,53H,5-8,21,26-28H2,1-4H3,(H,40,42,43,44)/q+1/p+1. The second kappa shape index (κ2) is 17.9. The van der Waals surface area contributed by atoms with E-state index in [4.69, 9.17) is 20.1 Å². The Morgan fingerprint density at radius 1 is 0.604 bits per heavy atom. The third-order valence-corrected chi connectivity index (χ3v) is 8.67. The number of unbranched alkanes of at least 4 members (excludes halogenated alkanes) is 3. The fourth-order valence-electron chi connectivity index (χ4n) is 5.68. The molecule has 3 aromatic carbocycles. The Balaban J connectivity index is 1.10. The van der Waals surface area contributed by atoms with Crippen molar-refractivity contribution in [3.63, 3.8) is 0 Å². The summed E-state index contributed by atoms with van der Waals surface area (Å²) >= 11 is 0. The normalized spacial score (nSPS) is 11.6. The number of nitrogens with one attached hydrogen (secondary N) is 2. The zero-order valence-corrected chi connectivity index (χ0v) is 30.8. The summed E-state index contributed by atoms with van der Waals surface area (Å²) in [6.07, 6.45) is 12.7. The molecule has 0 fully saturated rings. The molecule has 14 heteroatoms. The minimum atomic E-state index is 0.232. The highest BCUT2D eigenvalue weighted by Gasteiger charge is 2.13. The number of rotatable bonds is 17. The van der Waals surface area contributed by atoms with Gasteiger partial charge in [0.2, 0.25) is 5.95 Å². The molecule has 0 bridgehead atoms. The minimum Gasteiger partial charge on any atom is -0.396 e. The zero-order valence-electron chi connectivity index (χ0n) is 30.8. The average Bonchev–Trinajstić information content (AvgIpc) is 3.66. The van der Waals surface area contributed by atoms with Crippen LogP contribution in [0.5, 0.6) is 0 Å². The molecule has 0 aliphatic heterocycles. The van der Waals surface area contributed by atoms with Crippen molar-refractivity contribution >= 4 is 40.6 Å². The van der Waals surface area contributed by atoms with Gasteiger partial charge in [-0.25, -0.2) is 23.3 Å². The lowest BCUT2D eigenvalue weighted by molar-refractivity contribution is -0.657. The summed E-state index contributed by atoms with van der Waals surface area (Å²) in [7, 11) is 7.77. The molecular formula is C39H47N13O+2. The monoisotopic (exact) mass is 713 g/mol. The lowest BCUT2D eigenvalue weighted by Gasteiger charge is -2.11. The maximum absolute atomic E-state index is 9.09. The molecule has 0 aliphatic carbocycles. The highest BCUT2D eigenvalue weighted by molar-refractivity contribution is 5.61. The van der Waals surface area contributed by atoms with Crippen LogP contribution in [-0.2, 0) is 41.0 Å². The number of hydrogen-bond donors (Lipinski definition) is 3. The van der Waals surface area contributed by atoms with E-state index in [0.717, 1.165) is 78.0 Å². The van der Waals surface area contributed by atoms with Gasteiger partial charge in [0.25, 0.3) is 0 Å². The number of hydrogen-bond acceptors (Lipinski definition) is 10. The molecule has 0 spiro atoms. The molecule has 0 saturated heterocycles. The van der Waals surface area contributed by atoms with Crippen LogP contribution in [0.4, 0.5) is 40.6 Å². The van der Waals surface area contributed by atoms with Gasteiger partial charge in [0.15, 0.2) is 0 Å². The van der Waals surface area contributed by atoms with Crippen molar-refractivity contribution in [3.05, 3.63) is 120 Å². The Labute approximate surface area is 309 Å². The summed E-state index contributed by atoms with van der Waals surface area (Å²) in [6.45, 7) is 0.984. The number of aryl methyl sites for hydroxylation is 4. The van der Waals surface area contributed by atoms with Gasteiger partial charge in [-0.1, -0.05) is 47.3 Å². The van der Waals surface area contributed by atoms with Gasteiger partial charge >= 0.3 is 11.9 Å². The molecule has 3 aromatic heterocycles. The average molecular weight is 714 g/mol. The lowest BCUT2D eigenvalue weighted by atomic mass is 10.1. The fraction of sp³-hybridized carbons (Fsp3) is 0.308. The first kappa shape index (κ1) is 36.6. The van der Waals surface area contributed by atoms with Crippen molar-refractivity contribution in [3.8, 4) is 0 Å². The zero-order chi connectivity index (χ0) is 37.0. The Morgan fingerprint density at radius 3 is 1.57 bits per heavy atom. The maximum atomic E-state index is 9.09. The molecule has 6 aromatic rings. The highest BCUT2D eigenvalue weighted by Crippen LogP contribution is 2.23. The first-order valence-electron chi connectivity index (χ1n) is 17.8. The first-order valence-corrected chi connectivity index (χ1v) is 17.8. The maximum Gasteiger partial charge on any atom is 0.421 e. The number of imidazole rings is 2. The molecule has 3 N–H and O–H groups in total. The summed E-state index contributed by atoms with van der Waals surface area (Å²) in [4.78, 5) is 14.4. The number of aromatic nitrogens is 7. The van der Waals surface area contributed by atoms with Crippen LogP contribution in [0.1, 0.15) is 48.5 Å². The van der Waals surface area contributed by atoms with E-state index in [0.29, 0.717) is 30.4 Å². The number of benzene rings is 3. The fourth-order valence-corrected chi connectivity index (χ4v) is 5.68. The second-order valence-electron chi connectivity index (χ2n) is 13.0. The van der Waals surface area contributed by atoms with E-state index in [1.165, 1.54) is 0 Å². The number of aliphatic hydroxyl groups is 1. The number of azo groups is 2. The molecular weight excluding hydrogens is 667 g/mol. The smallest absolute Gasteiger partial charge is 0.396 e. The molecule has 53 heavy (non-hydrogen) atoms. The predicted octanol–water partition coefficient (Wildman–Crippen LogP) is 6.92. The van der Waals surface area contributed by atoms with E-state index in [-0.39, 0.29) is 6.61 Å². The minimum absolute atomic E-state index is 0.232. The van der Waals surface area contributed by atoms with Gasteiger partial charge in [-0.2, -0.15) is 9.97 Å². The van der Waals surface area contributed by atoms with Crippen molar-refractivity contribution in [2.24, 2.45) is 48.6 Å². The summed E-state index contributed by atoms with van der Waals surface area (Å²) in [5, 5.41) is 33.5. The van der Waals surface area contributed by atoms with E-state index in [2.05, 4.69) is 55.4 Å². The van der Waals surface area contributed by atoms with Crippen molar-refractivity contribution in [1.82, 2.24) is 24.1 Å². The lowest BCUT2D eigenvalue weighted by Crippen LogP contribution is -2.25. The van der Waals surface area contributed by atoms with Crippen LogP contribution < -0.4 is 19.8 Å². The van der Waals surface area contributed by atoms with Crippen LogP contribution in [0.2, 0.25) is 0 Å². The largest absolute Gasteiger partial charge is 0.421 e. The first-order chi connectivity index (χ1) is 25.8. The summed E-state index contributed by atoms with van der Waals surface area (Å²) in [5.41, 5.74) is 5.63. The third-order valence-electron chi connectivity index (χ3n) is 8.67. The van der Waals surface area contributed by atoms with Crippen LogP contribution in [-0.4, -0.2) is 42.3 Å². The Hall–Kier alpha value is -6.15. The van der Waals surface area contributed by atoms with Gasteiger partial charge in [-0.05, 0) is 72.5 Å². The molecule has 0 aliphatic rings. The summed E-state index contributed by atoms with van der Waals surface area (Å²) < 4.78 is 7.69. The molecule has 272 valence electrons. The summed E-state index contributed by atoms with van der Waals surface area (Å²) in [6, 6.07) is 24.1. The van der Waals surface area contributed by atoms with Crippen molar-refractivity contribution in [1.29, 1.82) is 0 Å². The third kappa shape index (κ3) is 10.5. The van der Waals surface area contributed by atoms with Gasteiger partial charge in [0.1, 0.15) is 23.0 Å². The van der Waals surface area contributed by atoms with Gasteiger partial charge in [0.05, 0.1) is 53.0 Å². The van der Waals surface area contributed by atoms with E-state index in [9.17, 15) is 0 Å². The SMILES string of the molecule is Cn1cc[n+](C)c1N=Nc1ccc(Cc2nc(Cc3ccc(Nc4ccc(N=Nc5n(C)cc[n+]5C)cc4)cc3)nc(NCCCCCCO)n2)cc1.